The smallest absolute Gasteiger partial charge is 0.182 e. The number of nitrogens with zero attached hydrogens (tertiary/aromatic N) is 1. The van der Waals surface area contributed by atoms with Crippen LogP contribution in [0.25, 0.3) is 0 Å². The van der Waals surface area contributed by atoms with Gasteiger partial charge in [-0.1, -0.05) is 11.6 Å². The minimum Gasteiger partial charge on any atom is -0.337 e. The van der Waals surface area contributed by atoms with Crippen molar-refractivity contribution in [1.82, 2.24) is 10.5 Å². The molecule has 142 valence electrons. The SMILES string of the molecule is CNOC(C)(C)C.Cc1cc(Cl)cnc1Nc1c(C=O)ccc(F)c1F. The van der Waals surface area contributed by atoms with E-state index in [2.05, 4.69) is 15.8 Å². The van der Waals surface area contributed by atoms with Gasteiger partial charge in [0.15, 0.2) is 17.9 Å². The predicted octanol–water partition coefficient (Wildman–Crippen LogP) is 4.81. The summed E-state index contributed by atoms with van der Waals surface area (Å²) >= 11 is 5.75. The maximum Gasteiger partial charge on any atom is 0.182 e. The van der Waals surface area contributed by atoms with Gasteiger partial charge in [0, 0.05) is 18.8 Å². The van der Waals surface area contributed by atoms with Crippen LogP contribution in [0.2, 0.25) is 5.02 Å². The van der Waals surface area contributed by atoms with Crippen LogP contribution < -0.4 is 10.8 Å². The lowest BCUT2D eigenvalue weighted by Gasteiger charge is -2.16. The molecule has 1 heterocycles. The lowest BCUT2D eigenvalue weighted by Crippen LogP contribution is -2.26. The number of rotatable bonds is 4. The quantitative estimate of drug-likeness (QED) is 0.584. The van der Waals surface area contributed by atoms with Crippen LogP contribution >= 0.6 is 11.6 Å². The first kappa shape index (κ1) is 22.0. The van der Waals surface area contributed by atoms with Gasteiger partial charge in [-0.25, -0.2) is 19.2 Å². The van der Waals surface area contributed by atoms with Gasteiger partial charge in [0.25, 0.3) is 0 Å². The summed E-state index contributed by atoms with van der Waals surface area (Å²) in [6.07, 6.45) is 1.81. The number of aromatic nitrogens is 1. The molecule has 0 amide bonds. The Morgan fingerprint density at radius 1 is 1.27 bits per heavy atom. The third kappa shape index (κ3) is 6.67. The summed E-state index contributed by atoms with van der Waals surface area (Å²) in [4.78, 5) is 19.8. The fraction of sp³-hybridized carbons (Fsp3) is 0.333. The molecule has 0 saturated heterocycles. The van der Waals surface area contributed by atoms with Crippen molar-refractivity contribution in [2.24, 2.45) is 0 Å². The molecule has 0 atom stereocenters. The van der Waals surface area contributed by atoms with E-state index in [1.807, 2.05) is 20.8 Å². The Hall–Kier alpha value is -2.09. The minimum atomic E-state index is -1.12. The first-order valence-corrected chi connectivity index (χ1v) is 8.14. The molecule has 0 saturated carbocycles. The van der Waals surface area contributed by atoms with Crippen molar-refractivity contribution in [3.05, 3.63) is 52.2 Å². The molecule has 1 aromatic carbocycles. The molecule has 26 heavy (non-hydrogen) atoms. The molecule has 0 unspecified atom stereocenters. The van der Waals surface area contributed by atoms with E-state index in [0.717, 1.165) is 6.07 Å². The zero-order valence-corrected chi connectivity index (χ0v) is 16.0. The number of carbonyl (C=O) groups excluding carboxylic acids is 1. The second kappa shape index (κ2) is 9.56. The molecule has 0 radical (unpaired) electrons. The van der Waals surface area contributed by atoms with Gasteiger partial charge in [-0.15, -0.1) is 0 Å². The highest BCUT2D eigenvalue weighted by molar-refractivity contribution is 6.30. The Balaban J connectivity index is 0.000000412. The van der Waals surface area contributed by atoms with Crippen LogP contribution in [0.4, 0.5) is 20.3 Å². The largest absolute Gasteiger partial charge is 0.337 e. The van der Waals surface area contributed by atoms with Crippen LogP contribution in [0.1, 0.15) is 36.7 Å². The Morgan fingerprint density at radius 2 is 1.92 bits per heavy atom. The molecular formula is C18H22ClF2N3O2. The zero-order valence-electron chi connectivity index (χ0n) is 15.3. The Morgan fingerprint density at radius 3 is 2.38 bits per heavy atom. The fourth-order valence-electron chi connectivity index (χ4n) is 1.89. The third-order valence-electron chi connectivity index (χ3n) is 2.95. The van der Waals surface area contributed by atoms with Crippen molar-refractivity contribution < 1.29 is 18.4 Å². The van der Waals surface area contributed by atoms with Crippen LogP contribution in [-0.2, 0) is 4.84 Å². The molecule has 0 aliphatic carbocycles. The summed E-state index contributed by atoms with van der Waals surface area (Å²) in [5, 5.41) is 3.04. The number of aryl methyl sites for hydroxylation is 1. The molecule has 0 spiro atoms. The summed E-state index contributed by atoms with van der Waals surface area (Å²) in [6, 6.07) is 3.71. The monoisotopic (exact) mass is 385 g/mol. The number of hydrogen-bond donors (Lipinski definition) is 2. The van der Waals surface area contributed by atoms with Gasteiger partial charge in [-0.05, 0) is 51.5 Å². The molecule has 2 N–H and O–H groups in total. The lowest BCUT2D eigenvalue weighted by atomic mass is 10.1. The van der Waals surface area contributed by atoms with Crippen LogP contribution in [0, 0.1) is 18.6 Å². The molecule has 5 nitrogen and oxygen atoms in total. The number of nitrogens with one attached hydrogen (secondary N) is 2. The van der Waals surface area contributed by atoms with Gasteiger partial charge in [0.2, 0.25) is 0 Å². The topological polar surface area (TPSA) is 63.2 Å². The highest BCUT2D eigenvalue weighted by atomic mass is 35.5. The highest BCUT2D eigenvalue weighted by Gasteiger charge is 2.14. The lowest BCUT2D eigenvalue weighted by molar-refractivity contribution is -0.0614. The molecule has 8 heteroatoms. The van der Waals surface area contributed by atoms with Crippen LogP contribution in [0.3, 0.4) is 0 Å². The van der Waals surface area contributed by atoms with Gasteiger partial charge in [0.05, 0.1) is 16.3 Å². The molecule has 2 rings (SSSR count). The van der Waals surface area contributed by atoms with Crippen molar-refractivity contribution in [2.75, 3.05) is 12.4 Å². The summed E-state index contributed by atoms with van der Waals surface area (Å²) in [5.41, 5.74) is 2.96. The average Bonchev–Trinajstić information content (AvgIpc) is 2.54. The number of benzene rings is 1. The fourth-order valence-corrected chi connectivity index (χ4v) is 2.10. The number of aldehydes is 1. The zero-order chi connectivity index (χ0) is 19.9. The highest BCUT2D eigenvalue weighted by Crippen LogP contribution is 2.26. The molecule has 0 aliphatic rings. The van der Waals surface area contributed by atoms with Gasteiger partial charge < -0.3 is 5.32 Å². The van der Waals surface area contributed by atoms with Gasteiger partial charge in [-0.2, -0.15) is 0 Å². The first-order valence-electron chi connectivity index (χ1n) is 7.76. The number of pyridine rings is 1. The number of hydrogen-bond acceptors (Lipinski definition) is 5. The molecule has 0 aliphatic heterocycles. The van der Waals surface area contributed by atoms with Crippen molar-refractivity contribution >= 4 is 29.4 Å². The average molecular weight is 386 g/mol. The Kier molecular flexibility index (Phi) is 8.08. The number of hydroxylamine groups is 1. The molecule has 1 aromatic heterocycles. The van der Waals surface area contributed by atoms with Crippen molar-refractivity contribution in [2.45, 2.75) is 33.3 Å². The minimum absolute atomic E-state index is 0.00931. The van der Waals surface area contributed by atoms with Crippen LogP contribution in [0.5, 0.6) is 0 Å². The van der Waals surface area contributed by atoms with E-state index in [0.29, 0.717) is 22.7 Å². The number of halogens is 3. The predicted molar refractivity (Wildman–Crippen MR) is 98.9 cm³/mol. The number of anilines is 2. The van der Waals surface area contributed by atoms with Gasteiger partial charge in [0.1, 0.15) is 5.82 Å². The summed E-state index contributed by atoms with van der Waals surface area (Å²) in [5.74, 6) is -1.86. The van der Waals surface area contributed by atoms with E-state index in [-0.39, 0.29) is 16.9 Å². The third-order valence-corrected chi connectivity index (χ3v) is 3.16. The summed E-state index contributed by atoms with van der Waals surface area (Å²) < 4.78 is 26.9. The number of carbonyl (C=O) groups is 1. The standard InChI is InChI=1S/C13H9ClF2N2O.C5H13NO/c1-7-4-9(14)5-17-13(7)18-12-8(6-19)2-3-10(15)11(12)16;1-5(2,3)7-6-4/h2-6H,1H3,(H,17,18);6H,1-4H3. The van der Waals surface area contributed by atoms with Crippen molar-refractivity contribution in [1.29, 1.82) is 0 Å². The van der Waals surface area contributed by atoms with E-state index in [1.165, 1.54) is 12.3 Å². The Bertz CT molecular complexity index is 765. The Labute approximate surface area is 156 Å². The second-order valence-electron chi connectivity index (χ2n) is 6.31. The maximum absolute atomic E-state index is 13.7. The summed E-state index contributed by atoms with van der Waals surface area (Å²) in [7, 11) is 1.76. The van der Waals surface area contributed by atoms with Crippen molar-refractivity contribution in [3.8, 4) is 0 Å². The van der Waals surface area contributed by atoms with Gasteiger partial charge >= 0.3 is 0 Å². The van der Waals surface area contributed by atoms with E-state index in [1.54, 1.807) is 20.0 Å². The van der Waals surface area contributed by atoms with Gasteiger partial charge in [-0.3, -0.25) is 9.63 Å². The maximum atomic E-state index is 13.7. The van der Waals surface area contributed by atoms with E-state index < -0.39 is 11.6 Å². The van der Waals surface area contributed by atoms with Crippen LogP contribution in [-0.4, -0.2) is 23.9 Å². The molecule has 2 aromatic rings. The molecular weight excluding hydrogens is 364 g/mol. The second-order valence-corrected chi connectivity index (χ2v) is 6.74. The molecule has 0 bridgehead atoms. The molecule has 0 fully saturated rings. The van der Waals surface area contributed by atoms with Crippen molar-refractivity contribution in [3.63, 3.8) is 0 Å². The summed E-state index contributed by atoms with van der Waals surface area (Å²) in [6.45, 7) is 7.68. The van der Waals surface area contributed by atoms with Crippen LogP contribution in [0.15, 0.2) is 24.4 Å². The van der Waals surface area contributed by atoms with E-state index in [9.17, 15) is 13.6 Å². The first-order chi connectivity index (χ1) is 12.1. The van der Waals surface area contributed by atoms with E-state index in [4.69, 9.17) is 16.4 Å². The van der Waals surface area contributed by atoms with E-state index >= 15 is 0 Å². The normalized spacial score (nSPS) is 10.8.